The summed E-state index contributed by atoms with van der Waals surface area (Å²) in [5, 5.41) is 8.42. The van der Waals surface area contributed by atoms with Crippen LogP contribution in [0.3, 0.4) is 0 Å². The van der Waals surface area contributed by atoms with Gasteiger partial charge in [0.2, 0.25) is 0 Å². The fraction of sp³-hybridized carbons (Fsp3) is 0.889. The van der Waals surface area contributed by atoms with E-state index in [1.807, 2.05) is 0 Å². The lowest BCUT2D eigenvalue weighted by atomic mass is 9.95. The largest absolute Gasteiger partial charge is 0.356 e. The van der Waals surface area contributed by atoms with Crippen molar-refractivity contribution in [3.8, 4) is 6.07 Å². The van der Waals surface area contributed by atoms with Gasteiger partial charge in [-0.2, -0.15) is 5.26 Å². The molecule has 0 spiro atoms. The van der Waals surface area contributed by atoms with E-state index >= 15 is 0 Å². The average Bonchev–Trinajstić information content (AvgIpc) is 2.15. The molecule has 0 saturated carbocycles. The summed E-state index contributed by atoms with van der Waals surface area (Å²) in [5.41, 5.74) is 0. The molecular weight excluding hydrogens is 154 g/mol. The van der Waals surface area contributed by atoms with Crippen molar-refractivity contribution in [1.29, 1.82) is 5.26 Å². The number of hydrogen-bond donors (Lipinski definition) is 0. The molecule has 1 saturated heterocycles. The molecule has 12 heavy (non-hydrogen) atoms. The normalized spacial score (nSPS) is 29.7. The van der Waals surface area contributed by atoms with E-state index in [9.17, 15) is 0 Å². The fourth-order valence-electron chi connectivity index (χ4n) is 1.61. The Hall–Kier alpha value is -0.590. The zero-order chi connectivity index (χ0) is 8.81. The van der Waals surface area contributed by atoms with Gasteiger partial charge in [0, 0.05) is 26.1 Å². The predicted molar refractivity (Wildman–Crippen MR) is 44.3 cm³/mol. The highest BCUT2D eigenvalue weighted by Crippen LogP contribution is 2.25. The van der Waals surface area contributed by atoms with Gasteiger partial charge in [-0.05, 0) is 19.3 Å². The average molecular weight is 169 g/mol. The molecule has 0 N–H and O–H groups in total. The number of rotatable bonds is 3. The van der Waals surface area contributed by atoms with Crippen LogP contribution in [-0.4, -0.2) is 20.0 Å². The van der Waals surface area contributed by atoms with Gasteiger partial charge in [0.05, 0.1) is 6.07 Å². The molecule has 0 aromatic heterocycles. The highest BCUT2D eigenvalue weighted by atomic mass is 16.7. The Kier molecular flexibility index (Phi) is 4.06. The third-order valence-corrected chi connectivity index (χ3v) is 2.25. The van der Waals surface area contributed by atoms with E-state index in [0.29, 0.717) is 12.3 Å². The maximum atomic E-state index is 8.42. The lowest BCUT2D eigenvalue weighted by Crippen LogP contribution is -2.30. The third kappa shape index (κ3) is 2.47. The molecule has 2 unspecified atom stereocenters. The minimum Gasteiger partial charge on any atom is -0.356 e. The van der Waals surface area contributed by atoms with Crippen molar-refractivity contribution in [2.45, 2.75) is 32.0 Å². The van der Waals surface area contributed by atoms with Crippen LogP contribution in [0.25, 0.3) is 0 Å². The van der Waals surface area contributed by atoms with Crippen LogP contribution >= 0.6 is 0 Å². The molecule has 1 aliphatic rings. The standard InChI is InChI=1S/C9H15NO2/c1-11-9-8(4-2-6-10)5-3-7-12-9/h8-9H,2-5,7H2,1H3. The molecule has 0 amide bonds. The van der Waals surface area contributed by atoms with Crippen molar-refractivity contribution in [3.63, 3.8) is 0 Å². The molecule has 0 aromatic rings. The van der Waals surface area contributed by atoms with E-state index in [2.05, 4.69) is 6.07 Å². The zero-order valence-corrected chi connectivity index (χ0v) is 7.45. The van der Waals surface area contributed by atoms with E-state index < -0.39 is 0 Å². The Bertz CT molecular complexity index is 164. The fourth-order valence-corrected chi connectivity index (χ4v) is 1.61. The summed E-state index contributed by atoms with van der Waals surface area (Å²) in [4.78, 5) is 0. The maximum absolute atomic E-state index is 8.42. The van der Waals surface area contributed by atoms with Gasteiger partial charge in [0.1, 0.15) is 0 Å². The summed E-state index contributed by atoms with van der Waals surface area (Å²) >= 11 is 0. The highest BCUT2D eigenvalue weighted by Gasteiger charge is 2.24. The Morgan fingerprint density at radius 3 is 3.17 bits per heavy atom. The van der Waals surface area contributed by atoms with Gasteiger partial charge in [-0.1, -0.05) is 0 Å². The van der Waals surface area contributed by atoms with E-state index in [4.69, 9.17) is 14.7 Å². The molecule has 0 aliphatic carbocycles. The van der Waals surface area contributed by atoms with Crippen LogP contribution in [0.5, 0.6) is 0 Å². The minimum absolute atomic E-state index is 0.0768. The van der Waals surface area contributed by atoms with Gasteiger partial charge >= 0.3 is 0 Å². The number of nitrogens with zero attached hydrogens (tertiary/aromatic N) is 1. The van der Waals surface area contributed by atoms with Crippen molar-refractivity contribution in [2.24, 2.45) is 5.92 Å². The summed E-state index contributed by atoms with van der Waals surface area (Å²) in [6.45, 7) is 0.793. The second-order valence-electron chi connectivity index (χ2n) is 3.07. The Balaban J connectivity index is 2.32. The van der Waals surface area contributed by atoms with Gasteiger partial charge < -0.3 is 9.47 Å². The van der Waals surface area contributed by atoms with Crippen LogP contribution < -0.4 is 0 Å². The van der Waals surface area contributed by atoms with Crippen molar-refractivity contribution in [1.82, 2.24) is 0 Å². The summed E-state index contributed by atoms with van der Waals surface area (Å²) in [5.74, 6) is 0.420. The Morgan fingerprint density at radius 2 is 2.50 bits per heavy atom. The zero-order valence-electron chi connectivity index (χ0n) is 7.45. The molecule has 0 bridgehead atoms. The molecule has 68 valence electrons. The lowest BCUT2D eigenvalue weighted by molar-refractivity contribution is -0.178. The molecule has 3 nitrogen and oxygen atoms in total. The van der Waals surface area contributed by atoms with Crippen LogP contribution in [0.15, 0.2) is 0 Å². The topological polar surface area (TPSA) is 42.2 Å². The molecule has 1 fully saturated rings. The number of hydrogen-bond acceptors (Lipinski definition) is 3. The Labute approximate surface area is 73.3 Å². The third-order valence-electron chi connectivity index (χ3n) is 2.25. The summed E-state index contributed by atoms with van der Waals surface area (Å²) < 4.78 is 10.6. The first kappa shape index (κ1) is 9.50. The number of nitriles is 1. The van der Waals surface area contributed by atoms with Crippen molar-refractivity contribution >= 4 is 0 Å². The first-order valence-corrected chi connectivity index (χ1v) is 4.40. The van der Waals surface area contributed by atoms with Gasteiger partial charge in [-0.15, -0.1) is 0 Å². The quantitative estimate of drug-likeness (QED) is 0.645. The highest BCUT2D eigenvalue weighted by molar-refractivity contribution is 4.75. The first-order chi connectivity index (χ1) is 5.88. The van der Waals surface area contributed by atoms with Gasteiger partial charge in [0.25, 0.3) is 0 Å². The van der Waals surface area contributed by atoms with Crippen LogP contribution in [0.4, 0.5) is 0 Å². The molecule has 2 atom stereocenters. The van der Waals surface area contributed by atoms with Gasteiger partial charge in [-0.25, -0.2) is 0 Å². The number of methoxy groups -OCH3 is 1. The molecule has 1 aliphatic heterocycles. The monoisotopic (exact) mass is 169 g/mol. The van der Waals surface area contributed by atoms with E-state index in [-0.39, 0.29) is 6.29 Å². The smallest absolute Gasteiger partial charge is 0.160 e. The van der Waals surface area contributed by atoms with E-state index in [1.54, 1.807) is 7.11 Å². The second-order valence-corrected chi connectivity index (χ2v) is 3.07. The van der Waals surface area contributed by atoms with Crippen LogP contribution in [-0.2, 0) is 9.47 Å². The molecule has 1 heterocycles. The van der Waals surface area contributed by atoms with Crippen molar-refractivity contribution < 1.29 is 9.47 Å². The predicted octanol–water partition coefficient (Wildman–Crippen LogP) is 1.69. The Morgan fingerprint density at radius 1 is 1.67 bits per heavy atom. The SMILES string of the molecule is COC1OCCCC1CCC#N. The maximum Gasteiger partial charge on any atom is 0.160 e. The molecule has 0 radical (unpaired) electrons. The molecular formula is C9H15NO2. The first-order valence-electron chi connectivity index (χ1n) is 4.40. The van der Waals surface area contributed by atoms with Crippen LogP contribution in [0, 0.1) is 17.2 Å². The molecule has 1 rings (SSSR count). The lowest BCUT2D eigenvalue weighted by Gasteiger charge is -2.29. The van der Waals surface area contributed by atoms with Gasteiger partial charge in [0.15, 0.2) is 6.29 Å². The van der Waals surface area contributed by atoms with E-state index in [1.165, 1.54) is 0 Å². The molecule has 0 aromatic carbocycles. The van der Waals surface area contributed by atoms with Crippen LogP contribution in [0.1, 0.15) is 25.7 Å². The summed E-state index contributed by atoms with van der Waals surface area (Å²) in [6, 6.07) is 2.15. The minimum atomic E-state index is -0.0768. The number of ether oxygens (including phenoxy) is 2. The van der Waals surface area contributed by atoms with Gasteiger partial charge in [-0.3, -0.25) is 0 Å². The summed E-state index contributed by atoms with van der Waals surface area (Å²) in [7, 11) is 1.66. The van der Waals surface area contributed by atoms with Crippen molar-refractivity contribution in [2.75, 3.05) is 13.7 Å². The van der Waals surface area contributed by atoms with Crippen LogP contribution in [0.2, 0.25) is 0 Å². The second kappa shape index (κ2) is 5.13. The van der Waals surface area contributed by atoms with E-state index in [0.717, 1.165) is 25.9 Å². The summed E-state index contributed by atoms with van der Waals surface area (Å²) in [6.07, 6.45) is 3.64. The molecule has 3 heteroatoms. The van der Waals surface area contributed by atoms with Crippen molar-refractivity contribution in [3.05, 3.63) is 0 Å².